The Morgan fingerprint density at radius 3 is 2.33 bits per heavy atom. The normalized spacial score (nSPS) is 11.7. The molecule has 7 heteroatoms. The highest BCUT2D eigenvalue weighted by Gasteiger charge is 2.17. The van der Waals surface area contributed by atoms with Gasteiger partial charge in [0, 0.05) is 18.3 Å². The number of amides is 2. The lowest BCUT2D eigenvalue weighted by Crippen LogP contribution is -2.37. The van der Waals surface area contributed by atoms with Gasteiger partial charge in [-0.2, -0.15) is 0 Å². The van der Waals surface area contributed by atoms with Crippen LogP contribution in [0.2, 0.25) is 0 Å². The Morgan fingerprint density at radius 2 is 1.71 bits per heavy atom. The van der Waals surface area contributed by atoms with Crippen molar-refractivity contribution in [3.63, 3.8) is 0 Å². The maximum atomic E-state index is 13.0. The molecule has 0 spiro atoms. The van der Waals surface area contributed by atoms with Gasteiger partial charge in [0.05, 0.1) is 6.10 Å². The van der Waals surface area contributed by atoms with Crippen LogP contribution in [-0.4, -0.2) is 23.5 Å². The predicted octanol–water partition coefficient (Wildman–Crippen LogP) is 2.06. The number of halogens is 2. The quantitative estimate of drug-likeness (QED) is 0.749. The van der Waals surface area contributed by atoms with Crippen molar-refractivity contribution in [2.24, 2.45) is 0 Å². The largest absolute Gasteiger partial charge is 0.387 e. The number of aryl methyl sites for hydroxylation is 1. The molecule has 0 aliphatic rings. The van der Waals surface area contributed by atoms with Crippen LogP contribution in [0, 0.1) is 18.6 Å². The van der Waals surface area contributed by atoms with Gasteiger partial charge >= 0.3 is 11.8 Å². The van der Waals surface area contributed by atoms with E-state index < -0.39 is 29.6 Å². The second kappa shape index (κ2) is 7.65. The minimum Gasteiger partial charge on any atom is -0.387 e. The predicted molar refractivity (Wildman–Crippen MR) is 84.1 cm³/mol. The summed E-state index contributed by atoms with van der Waals surface area (Å²) in [6.07, 6.45) is -0.977. The smallest absolute Gasteiger partial charge is 0.313 e. The lowest BCUT2D eigenvalue weighted by Gasteiger charge is -2.14. The van der Waals surface area contributed by atoms with E-state index in [1.807, 2.05) is 19.1 Å². The fourth-order valence-corrected chi connectivity index (χ4v) is 2.15. The van der Waals surface area contributed by atoms with Crippen molar-refractivity contribution in [2.45, 2.75) is 13.0 Å². The van der Waals surface area contributed by atoms with Crippen LogP contribution in [-0.2, 0) is 9.59 Å². The Hall–Kier alpha value is -2.80. The van der Waals surface area contributed by atoms with Crippen molar-refractivity contribution < 1.29 is 23.5 Å². The van der Waals surface area contributed by atoms with Crippen molar-refractivity contribution in [3.8, 4) is 0 Å². The minimum atomic E-state index is -1.09. The van der Waals surface area contributed by atoms with Gasteiger partial charge < -0.3 is 15.7 Å². The second-order valence-electron chi connectivity index (χ2n) is 5.19. The first-order valence-electron chi connectivity index (χ1n) is 7.15. The molecular formula is C17H16F2N2O3. The summed E-state index contributed by atoms with van der Waals surface area (Å²) >= 11 is 0. The molecular weight excluding hydrogens is 318 g/mol. The van der Waals surface area contributed by atoms with Crippen LogP contribution in [0.4, 0.5) is 14.5 Å². The van der Waals surface area contributed by atoms with Gasteiger partial charge in [0.15, 0.2) is 0 Å². The van der Waals surface area contributed by atoms with Gasteiger partial charge in [-0.3, -0.25) is 9.59 Å². The standard InChI is InChI=1S/C17H16F2N2O3/c1-10-4-2-3-5-14(10)15(22)9-20-16(23)17(24)21-13-7-11(18)6-12(19)8-13/h2-8,15,22H,9H2,1H3,(H,20,23)(H,21,24). The summed E-state index contributed by atoms with van der Waals surface area (Å²) in [6.45, 7) is 1.64. The minimum absolute atomic E-state index is 0.172. The number of aliphatic hydroxyl groups is 1. The van der Waals surface area contributed by atoms with Gasteiger partial charge in [-0.05, 0) is 30.2 Å². The number of nitrogens with one attached hydrogen (secondary N) is 2. The molecule has 2 rings (SSSR count). The fourth-order valence-electron chi connectivity index (χ4n) is 2.15. The Kier molecular flexibility index (Phi) is 5.59. The summed E-state index contributed by atoms with van der Waals surface area (Å²) in [7, 11) is 0. The van der Waals surface area contributed by atoms with Crippen molar-refractivity contribution in [1.29, 1.82) is 0 Å². The number of anilines is 1. The number of carbonyl (C=O) groups excluding carboxylic acids is 2. The number of benzene rings is 2. The molecule has 0 aromatic heterocycles. The van der Waals surface area contributed by atoms with E-state index in [9.17, 15) is 23.5 Å². The van der Waals surface area contributed by atoms with Crippen molar-refractivity contribution in [2.75, 3.05) is 11.9 Å². The van der Waals surface area contributed by atoms with Gasteiger partial charge in [-0.25, -0.2) is 8.78 Å². The third kappa shape index (κ3) is 4.60. The number of carbonyl (C=O) groups is 2. The number of hydrogen-bond acceptors (Lipinski definition) is 3. The maximum Gasteiger partial charge on any atom is 0.313 e. The maximum absolute atomic E-state index is 13.0. The molecule has 0 aliphatic carbocycles. The van der Waals surface area contributed by atoms with Crippen LogP contribution in [0.1, 0.15) is 17.2 Å². The number of aliphatic hydroxyl groups excluding tert-OH is 1. The van der Waals surface area contributed by atoms with Crippen molar-refractivity contribution in [3.05, 3.63) is 65.2 Å². The first-order valence-corrected chi connectivity index (χ1v) is 7.15. The van der Waals surface area contributed by atoms with Crippen LogP contribution < -0.4 is 10.6 Å². The van der Waals surface area contributed by atoms with E-state index in [0.29, 0.717) is 11.6 Å². The molecule has 1 unspecified atom stereocenters. The summed E-state index contributed by atoms with van der Waals surface area (Å²) in [5.74, 6) is -3.86. The average Bonchev–Trinajstić information content (AvgIpc) is 2.51. The molecule has 2 amide bonds. The van der Waals surface area contributed by atoms with Gasteiger partial charge in [-0.15, -0.1) is 0 Å². The summed E-state index contributed by atoms with van der Waals surface area (Å²) in [4.78, 5) is 23.4. The summed E-state index contributed by atoms with van der Waals surface area (Å²) < 4.78 is 26.1. The molecule has 1 atom stereocenters. The zero-order valence-corrected chi connectivity index (χ0v) is 12.8. The molecule has 0 aliphatic heterocycles. The van der Waals surface area contributed by atoms with Gasteiger partial charge in [0.25, 0.3) is 0 Å². The summed E-state index contributed by atoms with van der Waals surface area (Å²) in [5, 5.41) is 14.4. The molecule has 0 bridgehead atoms. The Balaban J connectivity index is 1.92. The van der Waals surface area contributed by atoms with E-state index in [-0.39, 0.29) is 12.2 Å². The fraction of sp³-hybridized carbons (Fsp3) is 0.176. The molecule has 0 radical (unpaired) electrons. The van der Waals surface area contributed by atoms with Crippen LogP contribution in [0.15, 0.2) is 42.5 Å². The van der Waals surface area contributed by atoms with Gasteiger partial charge in [-0.1, -0.05) is 24.3 Å². The lowest BCUT2D eigenvalue weighted by molar-refractivity contribution is -0.136. The first-order chi connectivity index (χ1) is 11.4. The second-order valence-corrected chi connectivity index (χ2v) is 5.19. The third-order valence-electron chi connectivity index (χ3n) is 3.33. The van der Waals surface area contributed by atoms with Crippen LogP contribution in [0.5, 0.6) is 0 Å². The highest BCUT2D eigenvalue weighted by atomic mass is 19.1. The molecule has 126 valence electrons. The average molecular weight is 334 g/mol. The van der Waals surface area contributed by atoms with E-state index in [1.54, 1.807) is 12.1 Å². The van der Waals surface area contributed by atoms with E-state index in [2.05, 4.69) is 10.6 Å². The Morgan fingerprint density at radius 1 is 1.08 bits per heavy atom. The van der Waals surface area contributed by atoms with E-state index in [1.165, 1.54) is 0 Å². The SMILES string of the molecule is Cc1ccccc1C(O)CNC(=O)C(=O)Nc1cc(F)cc(F)c1. The van der Waals surface area contributed by atoms with Crippen LogP contribution >= 0.6 is 0 Å². The molecule has 5 nitrogen and oxygen atoms in total. The molecule has 2 aromatic carbocycles. The topological polar surface area (TPSA) is 78.4 Å². The monoisotopic (exact) mass is 334 g/mol. The van der Waals surface area contributed by atoms with E-state index in [0.717, 1.165) is 17.7 Å². The van der Waals surface area contributed by atoms with Crippen LogP contribution in [0.3, 0.4) is 0 Å². The van der Waals surface area contributed by atoms with E-state index in [4.69, 9.17) is 0 Å². The zero-order valence-electron chi connectivity index (χ0n) is 12.8. The highest BCUT2D eigenvalue weighted by Crippen LogP contribution is 2.16. The summed E-state index contributed by atoms with van der Waals surface area (Å²) in [5.41, 5.74) is 1.30. The van der Waals surface area contributed by atoms with Crippen molar-refractivity contribution >= 4 is 17.5 Å². The molecule has 0 saturated heterocycles. The zero-order chi connectivity index (χ0) is 17.7. The van der Waals surface area contributed by atoms with E-state index >= 15 is 0 Å². The molecule has 0 saturated carbocycles. The molecule has 2 aromatic rings. The molecule has 0 heterocycles. The molecule has 0 fully saturated rings. The lowest BCUT2D eigenvalue weighted by atomic mass is 10.0. The first kappa shape index (κ1) is 17.6. The molecule has 24 heavy (non-hydrogen) atoms. The summed E-state index contributed by atoms with van der Waals surface area (Å²) in [6, 6.07) is 9.50. The van der Waals surface area contributed by atoms with Gasteiger partial charge in [0.2, 0.25) is 0 Å². The van der Waals surface area contributed by atoms with Gasteiger partial charge in [0.1, 0.15) is 11.6 Å². The third-order valence-corrected chi connectivity index (χ3v) is 3.33. The molecule has 3 N–H and O–H groups in total. The number of hydrogen-bond donors (Lipinski definition) is 3. The van der Waals surface area contributed by atoms with Crippen molar-refractivity contribution in [1.82, 2.24) is 5.32 Å². The van der Waals surface area contributed by atoms with Crippen LogP contribution in [0.25, 0.3) is 0 Å². The Bertz CT molecular complexity index is 745. The Labute approximate surface area is 137 Å². The number of rotatable bonds is 4. The highest BCUT2D eigenvalue weighted by molar-refractivity contribution is 6.39.